The van der Waals surface area contributed by atoms with E-state index in [-0.39, 0.29) is 11.3 Å². The van der Waals surface area contributed by atoms with Gasteiger partial charge in [-0.1, -0.05) is 25.5 Å². The molecule has 0 atom stereocenters. The lowest BCUT2D eigenvalue weighted by Crippen LogP contribution is -2.01. The smallest absolute Gasteiger partial charge is 0.338 e. The van der Waals surface area contributed by atoms with E-state index >= 15 is 0 Å². The fraction of sp³-hybridized carbons (Fsp3) is 0.278. The van der Waals surface area contributed by atoms with E-state index in [1.54, 1.807) is 12.1 Å². The molecule has 5 nitrogen and oxygen atoms in total. The summed E-state index contributed by atoms with van der Waals surface area (Å²) in [5.74, 6) is -0.996. The molecule has 0 spiro atoms. The third-order valence-corrected chi connectivity index (χ3v) is 3.45. The second-order valence-corrected chi connectivity index (χ2v) is 5.18. The van der Waals surface area contributed by atoms with Crippen molar-refractivity contribution in [2.45, 2.75) is 26.2 Å². The highest BCUT2D eigenvalue weighted by Crippen LogP contribution is 2.39. The van der Waals surface area contributed by atoms with Crippen LogP contribution in [0.3, 0.4) is 0 Å². The number of hydrogen-bond donors (Lipinski definition) is 2. The molecular weight excluding hydrogens is 296 g/mol. The number of aryl methyl sites for hydroxylation is 1. The third-order valence-electron chi connectivity index (χ3n) is 3.45. The number of benzene rings is 2. The minimum absolute atomic E-state index is 0.00768. The van der Waals surface area contributed by atoms with Crippen molar-refractivity contribution in [2.75, 3.05) is 7.11 Å². The number of ether oxygens (including phenoxy) is 2. The van der Waals surface area contributed by atoms with E-state index < -0.39 is 17.5 Å². The summed E-state index contributed by atoms with van der Waals surface area (Å²) < 4.78 is 10.2. The van der Waals surface area contributed by atoms with E-state index in [0.29, 0.717) is 5.75 Å². The van der Waals surface area contributed by atoms with E-state index in [9.17, 15) is 15.0 Å². The van der Waals surface area contributed by atoms with E-state index in [0.717, 1.165) is 25.3 Å². The predicted octanol–water partition coefficient (Wildman–Crippen LogP) is 4.02. The highest BCUT2D eigenvalue weighted by Gasteiger charge is 2.16. The van der Waals surface area contributed by atoms with E-state index in [2.05, 4.69) is 11.7 Å². The van der Waals surface area contributed by atoms with Crippen LogP contribution in [0.25, 0.3) is 0 Å². The van der Waals surface area contributed by atoms with Crippen LogP contribution in [0.1, 0.15) is 35.7 Å². The number of esters is 1. The van der Waals surface area contributed by atoms with Gasteiger partial charge < -0.3 is 19.7 Å². The maximum absolute atomic E-state index is 11.6. The van der Waals surface area contributed by atoms with Crippen LogP contribution in [-0.2, 0) is 11.2 Å². The summed E-state index contributed by atoms with van der Waals surface area (Å²) >= 11 is 0. The molecule has 0 heterocycles. The number of rotatable bonds is 6. The van der Waals surface area contributed by atoms with Gasteiger partial charge in [0.05, 0.1) is 12.7 Å². The molecular formula is C18H20O5. The molecule has 0 aliphatic rings. The standard InChI is InChI=1S/C18H20O5/c1-3-4-5-12-6-8-14(9-7-12)23-16-11-13(18(21)22-2)10-15(19)17(16)20/h6-11,19-20H,3-5H2,1-2H3. The molecule has 0 aliphatic heterocycles. The summed E-state index contributed by atoms with van der Waals surface area (Å²) in [5, 5.41) is 19.6. The lowest BCUT2D eigenvalue weighted by atomic mass is 10.1. The summed E-state index contributed by atoms with van der Waals surface area (Å²) in [6.07, 6.45) is 3.25. The Hall–Kier alpha value is -2.69. The molecule has 2 aromatic rings. The van der Waals surface area contributed by atoms with Crippen molar-refractivity contribution in [2.24, 2.45) is 0 Å². The summed E-state index contributed by atoms with van der Waals surface area (Å²) in [5.41, 5.74) is 1.30. The first-order valence-corrected chi connectivity index (χ1v) is 7.46. The number of phenolic OH excluding ortho intramolecular Hbond substituents is 2. The van der Waals surface area contributed by atoms with Crippen molar-refractivity contribution in [1.29, 1.82) is 0 Å². The maximum atomic E-state index is 11.6. The van der Waals surface area contributed by atoms with Crippen molar-refractivity contribution < 1.29 is 24.5 Å². The van der Waals surface area contributed by atoms with Gasteiger partial charge in [-0.25, -0.2) is 4.79 Å². The number of carbonyl (C=O) groups excluding carboxylic acids is 1. The van der Waals surface area contributed by atoms with Gasteiger partial charge in [-0.2, -0.15) is 0 Å². The Morgan fingerprint density at radius 3 is 2.43 bits per heavy atom. The molecule has 122 valence electrons. The maximum Gasteiger partial charge on any atom is 0.338 e. The number of hydrogen-bond acceptors (Lipinski definition) is 5. The molecule has 0 aliphatic carbocycles. The zero-order valence-electron chi connectivity index (χ0n) is 13.2. The van der Waals surface area contributed by atoms with Crippen molar-refractivity contribution in [1.82, 2.24) is 0 Å². The molecule has 23 heavy (non-hydrogen) atoms. The number of methoxy groups -OCH3 is 1. The summed E-state index contributed by atoms with van der Waals surface area (Å²) in [6, 6.07) is 9.92. The molecule has 0 bridgehead atoms. The van der Waals surface area contributed by atoms with Gasteiger partial charge in [0.25, 0.3) is 0 Å². The van der Waals surface area contributed by atoms with Gasteiger partial charge >= 0.3 is 5.97 Å². The van der Waals surface area contributed by atoms with Gasteiger partial charge in [-0.15, -0.1) is 0 Å². The van der Waals surface area contributed by atoms with Gasteiger partial charge in [0.2, 0.25) is 5.75 Å². The SMILES string of the molecule is CCCCc1ccc(Oc2cc(C(=O)OC)cc(O)c2O)cc1. The average Bonchev–Trinajstić information content (AvgIpc) is 2.57. The van der Waals surface area contributed by atoms with Crippen molar-refractivity contribution >= 4 is 5.97 Å². The minimum Gasteiger partial charge on any atom is -0.504 e. The Morgan fingerprint density at radius 1 is 1.13 bits per heavy atom. The molecule has 2 rings (SSSR count). The molecule has 5 heteroatoms. The van der Waals surface area contributed by atoms with E-state index in [1.807, 2.05) is 12.1 Å². The first-order valence-electron chi connectivity index (χ1n) is 7.46. The molecule has 2 N–H and O–H groups in total. The lowest BCUT2D eigenvalue weighted by Gasteiger charge is -2.11. The van der Waals surface area contributed by atoms with Crippen LogP contribution < -0.4 is 4.74 Å². The number of carbonyl (C=O) groups is 1. The Balaban J connectivity index is 2.22. The quantitative estimate of drug-likeness (QED) is 0.622. The molecule has 0 unspecified atom stereocenters. The minimum atomic E-state index is -0.625. The molecule has 0 amide bonds. The fourth-order valence-corrected chi connectivity index (χ4v) is 2.14. The van der Waals surface area contributed by atoms with Crippen molar-refractivity contribution in [3.05, 3.63) is 47.5 Å². The summed E-state index contributed by atoms with van der Waals surface area (Å²) in [6.45, 7) is 2.14. The first-order chi connectivity index (χ1) is 11.0. The predicted molar refractivity (Wildman–Crippen MR) is 86.2 cm³/mol. The summed E-state index contributed by atoms with van der Waals surface area (Å²) in [4.78, 5) is 11.6. The van der Waals surface area contributed by atoms with Crippen LogP contribution in [-0.4, -0.2) is 23.3 Å². The monoisotopic (exact) mass is 316 g/mol. The average molecular weight is 316 g/mol. The van der Waals surface area contributed by atoms with Gasteiger partial charge in [0.1, 0.15) is 5.75 Å². The van der Waals surface area contributed by atoms with Gasteiger partial charge in [0, 0.05) is 0 Å². The van der Waals surface area contributed by atoms with Gasteiger partial charge in [-0.05, 0) is 42.7 Å². The van der Waals surface area contributed by atoms with Crippen LogP contribution in [0.5, 0.6) is 23.0 Å². The second kappa shape index (κ2) is 7.54. The molecule has 0 fully saturated rings. The molecule has 0 aromatic heterocycles. The topological polar surface area (TPSA) is 76.0 Å². The van der Waals surface area contributed by atoms with Crippen LogP contribution in [0.15, 0.2) is 36.4 Å². The highest BCUT2D eigenvalue weighted by molar-refractivity contribution is 5.91. The van der Waals surface area contributed by atoms with Crippen LogP contribution in [0.4, 0.5) is 0 Å². The normalized spacial score (nSPS) is 10.3. The molecule has 0 saturated carbocycles. The molecule has 0 radical (unpaired) electrons. The highest BCUT2D eigenvalue weighted by atomic mass is 16.5. The third kappa shape index (κ3) is 4.16. The number of unbranched alkanes of at least 4 members (excludes halogenated alkanes) is 1. The molecule has 2 aromatic carbocycles. The van der Waals surface area contributed by atoms with Gasteiger partial charge in [-0.3, -0.25) is 0 Å². The van der Waals surface area contributed by atoms with Crippen molar-refractivity contribution in [3.63, 3.8) is 0 Å². The first kappa shape index (κ1) is 16.7. The Kier molecular flexibility index (Phi) is 5.46. The van der Waals surface area contributed by atoms with Crippen molar-refractivity contribution in [3.8, 4) is 23.0 Å². The zero-order chi connectivity index (χ0) is 16.8. The van der Waals surface area contributed by atoms with E-state index in [4.69, 9.17) is 4.74 Å². The Bertz CT molecular complexity index is 677. The largest absolute Gasteiger partial charge is 0.504 e. The Morgan fingerprint density at radius 2 is 1.83 bits per heavy atom. The number of phenols is 2. The second-order valence-electron chi connectivity index (χ2n) is 5.18. The zero-order valence-corrected chi connectivity index (χ0v) is 13.2. The summed E-state index contributed by atoms with van der Waals surface area (Å²) in [7, 11) is 1.24. The van der Waals surface area contributed by atoms with Gasteiger partial charge in [0.15, 0.2) is 11.5 Å². The number of aromatic hydroxyl groups is 2. The fourth-order valence-electron chi connectivity index (χ4n) is 2.14. The van der Waals surface area contributed by atoms with Crippen LogP contribution in [0.2, 0.25) is 0 Å². The molecule has 0 saturated heterocycles. The lowest BCUT2D eigenvalue weighted by molar-refractivity contribution is 0.0600. The van der Waals surface area contributed by atoms with Crippen LogP contribution in [0, 0.1) is 0 Å². The van der Waals surface area contributed by atoms with Crippen LogP contribution >= 0.6 is 0 Å². The van der Waals surface area contributed by atoms with E-state index in [1.165, 1.54) is 18.7 Å². The Labute approximate surface area is 135 Å².